The number of rotatable bonds is 4. The molecule has 0 aliphatic heterocycles. The summed E-state index contributed by atoms with van der Waals surface area (Å²) in [6.45, 7) is 7.58. The maximum atomic E-state index is 13.0. The van der Waals surface area contributed by atoms with Gasteiger partial charge in [-0.05, 0) is 50.5 Å². The van der Waals surface area contributed by atoms with Gasteiger partial charge in [0.15, 0.2) is 4.83 Å². The first-order valence-electron chi connectivity index (χ1n) is 9.68. The monoisotopic (exact) mass is 418 g/mol. The Morgan fingerprint density at radius 1 is 1.07 bits per heavy atom. The van der Waals surface area contributed by atoms with E-state index in [0.717, 1.165) is 37.5 Å². The van der Waals surface area contributed by atoms with Crippen molar-refractivity contribution in [3.63, 3.8) is 0 Å². The summed E-state index contributed by atoms with van der Waals surface area (Å²) in [6.07, 6.45) is 0. The summed E-state index contributed by atoms with van der Waals surface area (Å²) >= 11 is 1.41. The van der Waals surface area contributed by atoms with Gasteiger partial charge in [-0.15, -0.1) is 16.4 Å². The van der Waals surface area contributed by atoms with Crippen LogP contribution in [-0.4, -0.2) is 20.9 Å². The minimum Gasteiger partial charge on any atom is -0.324 e. The molecule has 0 aliphatic rings. The molecule has 7 heteroatoms. The average Bonchev–Trinajstić information content (AvgIpc) is 3.16. The number of thiophene rings is 1. The number of fused-ring (bicyclic) bond motifs is 1. The summed E-state index contributed by atoms with van der Waals surface area (Å²) in [6, 6.07) is 14.9. The van der Waals surface area contributed by atoms with Gasteiger partial charge in [0.2, 0.25) is 5.91 Å². The zero-order valence-electron chi connectivity index (χ0n) is 17.3. The Labute approximate surface area is 178 Å². The number of benzene rings is 2. The highest BCUT2D eigenvalue weighted by atomic mass is 32.1. The van der Waals surface area contributed by atoms with Crippen molar-refractivity contribution in [1.29, 1.82) is 0 Å². The van der Waals surface area contributed by atoms with Crippen LogP contribution in [0.5, 0.6) is 0 Å². The van der Waals surface area contributed by atoms with Gasteiger partial charge in [-0.3, -0.25) is 9.59 Å². The number of aryl methyl sites for hydroxylation is 3. The lowest BCUT2D eigenvalue weighted by atomic mass is 10.0. The van der Waals surface area contributed by atoms with Gasteiger partial charge in [0.1, 0.15) is 6.04 Å². The van der Waals surface area contributed by atoms with E-state index < -0.39 is 6.04 Å². The summed E-state index contributed by atoms with van der Waals surface area (Å²) in [5.41, 5.74) is 4.55. The molecule has 1 atom stereocenters. The summed E-state index contributed by atoms with van der Waals surface area (Å²) in [5, 5.41) is 11.7. The Morgan fingerprint density at radius 2 is 1.73 bits per heavy atom. The SMILES string of the molecule is Cc1cc(C)c(NC(=O)C(C)n2nnc3sc(-c4ccccc4)cc3c2=O)c(C)c1. The van der Waals surface area contributed by atoms with Gasteiger partial charge in [0.25, 0.3) is 5.56 Å². The maximum absolute atomic E-state index is 13.0. The van der Waals surface area contributed by atoms with Gasteiger partial charge in [-0.1, -0.05) is 53.2 Å². The fourth-order valence-electron chi connectivity index (χ4n) is 3.58. The zero-order chi connectivity index (χ0) is 21.4. The first kappa shape index (κ1) is 20.0. The van der Waals surface area contributed by atoms with E-state index in [0.29, 0.717) is 10.2 Å². The van der Waals surface area contributed by atoms with E-state index in [2.05, 4.69) is 15.6 Å². The van der Waals surface area contributed by atoms with E-state index in [4.69, 9.17) is 0 Å². The number of nitrogens with zero attached hydrogens (tertiary/aromatic N) is 3. The first-order chi connectivity index (χ1) is 14.3. The fraction of sp³-hybridized carbons (Fsp3) is 0.217. The van der Waals surface area contributed by atoms with E-state index in [1.165, 1.54) is 11.3 Å². The smallest absolute Gasteiger partial charge is 0.279 e. The number of aromatic nitrogens is 3. The molecule has 0 fully saturated rings. The summed E-state index contributed by atoms with van der Waals surface area (Å²) in [7, 11) is 0. The molecule has 1 N–H and O–H groups in total. The zero-order valence-corrected chi connectivity index (χ0v) is 18.1. The molecule has 1 unspecified atom stereocenters. The second kappa shape index (κ2) is 7.84. The number of anilines is 1. The van der Waals surface area contributed by atoms with Crippen molar-refractivity contribution in [2.75, 3.05) is 5.32 Å². The van der Waals surface area contributed by atoms with Gasteiger partial charge >= 0.3 is 0 Å². The lowest BCUT2D eigenvalue weighted by molar-refractivity contribution is -0.119. The van der Waals surface area contributed by atoms with Crippen LogP contribution in [0, 0.1) is 20.8 Å². The van der Waals surface area contributed by atoms with E-state index >= 15 is 0 Å². The summed E-state index contributed by atoms with van der Waals surface area (Å²) in [5.74, 6) is -0.306. The molecule has 30 heavy (non-hydrogen) atoms. The number of hydrogen-bond donors (Lipinski definition) is 1. The molecule has 152 valence electrons. The maximum Gasteiger partial charge on any atom is 0.279 e. The van der Waals surface area contributed by atoms with Crippen molar-refractivity contribution in [2.45, 2.75) is 33.7 Å². The Morgan fingerprint density at radius 3 is 2.40 bits per heavy atom. The predicted octanol–water partition coefficient (Wildman–Crippen LogP) is 4.64. The second-order valence-electron chi connectivity index (χ2n) is 7.47. The minimum atomic E-state index is -0.797. The molecule has 2 aromatic carbocycles. The average molecular weight is 419 g/mol. The van der Waals surface area contributed by atoms with Crippen molar-refractivity contribution in [1.82, 2.24) is 15.0 Å². The highest BCUT2D eigenvalue weighted by Crippen LogP contribution is 2.30. The number of nitrogens with one attached hydrogen (secondary N) is 1. The highest BCUT2D eigenvalue weighted by molar-refractivity contribution is 7.21. The molecule has 4 aromatic rings. The first-order valence-corrected chi connectivity index (χ1v) is 10.5. The second-order valence-corrected chi connectivity index (χ2v) is 8.50. The number of carbonyl (C=O) groups is 1. The highest BCUT2D eigenvalue weighted by Gasteiger charge is 2.21. The van der Waals surface area contributed by atoms with E-state index in [-0.39, 0.29) is 11.5 Å². The standard InChI is InChI=1S/C23H22N4O2S/c1-13-10-14(2)20(15(3)11-13)24-21(28)16(4)27-23(29)18-12-19(30-22(18)25-26-27)17-8-6-5-7-9-17/h5-12,16H,1-4H3,(H,24,28). The van der Waals surface area contributed by atoms with Crippen molar-refractivity contribution >= 4 is 33.1 Å². The predicted molar refractivity (Wildman–Crippen MR) is 121 cm³/mol. The molecule has 2 aromatic heterocycles. The topological polar surface area (TPSA) is 76.9 Å². The van der Waals surface area contributed by atoms with Crippen LogP contribution < -0.4 is 10.9 Å². The minimum absolute atomic E-state index is 0.306. The van der Waals surface area contributed by atoms with E-state index in [1.807, 2.05) is 69.3 Å². The summed E-state index contributed by atoms with van der Waals surface area (Å²) < 4.78 is 1.15. The lowest BCUT2D eigenvalue weighted by Crippen LogP contribution is -2.34. The Hall–Kier alpha value is -3.32. The van der Waals surface area contributed by atoms with Gasteiger partial charge in [0, 0.05) is 10.6 Å². The van der Waals surface area contributed by atoms with Gasteiger partial charge < -0.3 is 5.32 Å². The van der Waals surface area contributed by atoms with Gasteiger partial charge in [-0.25, -0.2) is 0 Å². The molecule has 0 spiro atoms. The molecular weight excluding hydrogens is 396 g/mol. The molecule has 1 amide bonds. The van der Waals surface area contributed by atoms with Crippen LogP contribution in [0.25, 0.3) is 20.7 Å². The number of carbonyl (C=O) groups excluding carboxylic acids is 1. The van der Waals surface area contributed by atoms with Crippen LogP contribution in [0.2, 0.25) is 0 Å². The van der Waals surface area contributed by atoms with Crippen molar-refractivity contribution in [3.05, 3.63) is 75.6 Å². The van der Waals surface area contributed by atoms with Crippen LogP contribution in [0.3, 0.4) is 0 Å². The number of hydrogen-bond acceptors (Lipinski definition) is 5. The Kier molecular flexibility index (Phi) is 5.22. The molecule has 0 saturated carbocycles. The van der Waals surface area contributed by atoms with Crippen molar-refractivity contribution in [2.24, 2.45) is 0 Å². The lowest BCUT2D eigenvalue weighted by Gasteiger charge is -2.16. The van der Waals surface area contributed by atoms with Crippen molar-refractivity contribution < 1.29 is 4.79 Å². The largest absolute Gasteiger partial charge is 0.324 e. The van der Waals surface area contributed by atoms with Crippen molar-refractivity contribution in [3.8, 4) is 10.4 Å². The fourth-order valence-corrected chi connectivity index (χ4v) is 4.55. The molecule has 0 saturated heterocycles. The molecule has 4 rings (SSSR count). The van der Waals surface area contributed by atoms with E-state index in [1.54, 1.807) is 6.92 Å². The summed E-state index contributed by atoms with van der Waals surface area (Å²) in [4.78, 5) is 27.4. The third-order valence-corrected chi connectivity index (χ3v) is 6.18. The van der Waals surface area contributed by atoms with Crippen LogP contribution in [0.15, 0.2) is 53.3 Å². The molecule has 6 nitrogen and oxygen atoms in total. The third-order valence-electron chi connectivity index (χ3n) is 5.11. The van der Waals surface area contributed by atoms with Gasteiger partial charge in [-0.2, -0.15) is 4.68 Å². The normalized spacial score (nSPS) is 12.1. The Bertz CT molecular complexity index is 1290. The third kappa shape index (κ3) is 3.64. The van der Waals surface area contributed by atoms with Crippen LogP contribution >= 0.6 is 11.3 Å². The molecule has 0 aliphatic carbocycles. The number of amides is 1. The van der Waals surface area contributed by atoms with E-state index in [9.17, 15) is 9.59 Å². The molecule has 2 heterocycles. The molecular formula is C23H22N4O2S. The molecule has 0 bridgehead atoms. The van der Waals surface area contributed by atoms with Gasteiger partial charge in [0.05, 0.1) is 5.39 Å². The van der Waals surface area contributed by atoms with Crippen LogP contribution in [0.4, 0.5) is 5.69 Å². The Balaban J connectivity index is 1.66. The quantitative estimate of drug-likeness (QED) is 0.524. The van der Waals surface area contributed by atoms with Crippen LogP contribution in [-0.2, 0) is 4.79 Å². The van der Waals surface area contributed by atoms with Crippen LogP contribution in [0.1, 0.15) is 29.7 Å². The molecule has 0 radical (unpaired) electrons.